The van der Waals surface area contributed by atoms with Crippen molar-refractivity contribution in [1.29, 1.82) is 0 Å². The van der Waals surface area contributed by atoms with Gasteiger partial charge in [0.15, 0.2) is 5.96 Å². The van der Waals surface area contributed by atoms with E-state index in [1.807, 2.05) is 25.1 Å². The van der Waals surface area contributed by atoms with E-state index in [4.69, 9.17) is 16.1 Å². The third kappa shape index (κ3) is 7.66. The molecule has 0 aliphatic carbocycles. The van der Waals surface area contributed by atoms with Gasteiger partial charge in [0.2, 0.25) is 11.7 Å². The predicted molar refractivity (Wildman–Crippen MR) is 128 cm³/mol. The van der Waals surface area contributed by atoms with E-state index >= 15 is 0 Å². The molecule has 0 unspecified atom stereocenters. The molecular weight excluding hydrogens is 501 g/mol. The molecule has 0 saturated heterocycles. The van der Waals surface area contributed by atoms with Gasteiger partial charge in [-0.05, 0) is 43.2 Å². The maximum absolute atomic E-state index is 5.91. The van der Waals surface area contributed by atoms with E-state index in [-0.39, 0.29) is 24.0 Å². The molecular formula is C21H25ClIN5O. The van der Waals surface area contributed by atoms with E-state index in [2.05, 4.69) is 50.0 Å². The van der Waals surface area contributed by atoms with Gasteiger partial charge in [-0.1, -0.05) is 47.1 Å². The Morgan fingerprint density at radius 3 is 2.52 bits per heavy atom. The fourth-order valence-corrected chi connectivity index (χ4v) is 2.77. The molecule has 3 rings (SSSR count). The normalized spacial score (nSPS) is 11.0. The number of aromatic nitrogens is 2. The molecule has 0 amide bonds. The van der Waals surface area contributed by atoms with Crippen LogP contribution in [0.15, 0.2) is 64.1 Å². The van der Waals surface area contributed by atoms with Crippen LogP contribution in [0.1, 0.15) is 18.4 Å². The molecule has 0 bridgehead atoms. The largest absolute Gasteiger partial charge is 0.357 e. The lowest BCUT2D eigenvalue weighted by Crippen LogP contribution is -2.38. The standard InChI is InChI=1S/C21H24ClN5O.HI/c1-2-23-21(24-14-12-16-6-4-3-5-7-16)25-15-13-19-26-20(27-28-19)17-8-10-18(22)11-9-17;/h3-11H,2,12-15H2,1H3,(H2,23,24,25);1H. The molecule has 0 fully saturated rings. The van der Waals surface area contributed by atoms with Crippen molar-refractivity contribution < 1.29 is 4.52 Å². The molecule has 0 saturated carbocycles. The molecule has 1 aromatic heterocycles. The van der Waals surface area contributed by atoms with Crippen molar-refractivity contribution in [2.75, 3.05) is 19.6 Å². The lowest BCUT2D eigenvalue weighted by Gasteiger charge is -2.11. The van der Waals surface area contributed by atoms with E-state index in [9.17, 15) is 0 Å². The Bertz CT molecular complexity index is 884. The molecule has 154 valence electrons. The zero-order valence-corrected chi connectivity index (χ0v) is 19.4. The van der Waals surface area contributed by atoms with Crippen molar-refractivity contribution in [2.45, 2.75) is 19.8 Å². The summed E-state index contributed by atoms with van der Waals surface area (Å²) < 4.78 is 5.33. The second-order valence-corrected chi connectivity index (χ2v) is 6.63. The highest BCUT2D eigenvalue weighted by atomic mass is 127. The third-order valence-corrected chi connectivity index (χ3v) is 4.31. The molecule has 0 spiro atoms. The Morgan fingerprint density at radius 2 is 1.79 bits per heavy atom. The van der Waals surface area contributed by atoms with Crippen molar-refractivity contribution in [1.82, 2.24) is 20.8 Å². The summed E-state index contributed by atoms with van der Waals surface area (Å²) in [6, 6.07) is 17.7. The first kappa shape index (κ1) is 23.2. The summed E-state index contributed by atoms with van der Waals surface area (Å²) in [5, 5.41) is 11.3. The molecule has 29 heavy (non-hydrogen) atoms. The molecule has 0 atom stereocenters. The second kappa shape index (κ2) is 12.4. The number of nitrogens with zero attached hydrogens (tertiary/aromatic N) is 3. The average molecular weight is 526 g/mol. The quantitative estimate of drug-likeness (QED) is 0.260. The molecule has 0 radical (unpaired) electrons. The monoisotopic (exact) mass is 525 g/mol. The molecule has 3 aromatic rings. The van der Waals surface area contributed by atoms with Crippen LogP contribution in [0.5, 0.6) is 0 Å². The highest BCUT2D eigenvalue weighted by Crippen LogP contribution is 2.18. The molecule has 1 heterocycles. The minimum atomic E-state index is 0. The Labute approximate surface area is 193 Å². The maximum Gasteiger partial charge on any atom is 0.228 e. The number of halogens is 2. The number of guanidine groups is 1. The van der Waals surface area contributed by atoms with Crippen molar-refractivity contribution in [3.05, 3.63) is 71.1 Å². The number of benzene rings is 2. The SMILES string of the molecule is CCNC(=NCCc1nc(-c2ccc(Cl)cc2)no1)NCCc1ccccc1.I. The minimum Gasteiger partial charge on any atom is -0.357 e. The first-order valence-electron chi connectivity index (χ1n) is 9.39. The maximum atomic E-state index is 5.91. The van der Waals surface area contributed by atoms with Gasteiger partial charge in [0.05, 0.1) is 6.54 Å². The zero-order chi connectivity index (χ0) is 19.6. The van der Waals surface area contributed by atoms with Gasteiger partial charge in [-0.25, -0.2) is 0 Å². The highest BCUT2D eigenvalue weighted by Gasteiger charge is 2.08. The summed E-state index contributed by atoms with van der Waals surface area (Å²) >= 11 is 5.91. The van der Waals surface area contributed by atoms with E-state index in [1.165, 1.54) is 5.56 Å². The zero-order valence-electron chi connectivity index (χ0n) is 16.3. The molecule has 8 heteroatoms. The minimum absolute atomic E-state index is 0. The molecule has 0 aliphatic heterocycles. The average Bonchev–Trinajstić information content (AvgIpc) is 3.18. The Balaban J connectivity index is 0.00000300. The number of hydrogen-bond acceptors (Lipinski definition) is 4. The van der Waals surface area contributed by atoms with E-state index in [0.717, 1.165) is 31.0 Å². The number of rotatable bonds is 8. The molecule has 2 aromatic carbocycles. The van der Waals surface area contributed by atoms with Gasteiger partial charge >= 0.3 is 0 Å². The third-order valence-electron chi connectivity index (χ3n) is 4.06. The van der Waals surface area contributed by atoms with E-state index in [1.54, 1.807) is 12.1 Å². The van der Waals surface area contributed by atoms with Gasteiger partial charge in [-0.15, -0.1) is 24.0 Å². The van der Waals surface area contributed by atoms with Crippen LogP contribution < -0.4 is 10.6 Å². The summed E-state index contributed by atoms with van der Waals surface area (Å²) in [6.07, 6.45) is 1.52. The van der Waals surface area contributed by atoms with Gasteiger partial charge in [0, 0.05) is 30.1 Å². The van der Waals surface area contributed by atoms with Gasteiger partial charge in [-0.3, -0.25) is 4.99 Å². The summed E-state index contributed by atoms with van der Waals surface area (Å²) in [6.45, 7) is 4.23. The van der Waals surface area contributed by atoms with Crippen LogP contribution in [0.25, 0.3) is 11.4 Å². The topological polar surface area (TPSA) is 75.3 Å². The van der Waals surface area contributed by atoms with Crippen LogP contribution in [0.2, 0.25) is 5.02 Å². The molecule has 2 N–H and O–H groups in total. The van der Waals surface area contributed by atoms with E-state index < -0.39 is 0 Å². The van der Waals surface area contributed by atoms with Gasteiger partial charge in [0.1, 0.15) is 0 Å². The second-order valence-electron chi connectivity index (χ2n) is 6.19. The Morgan fingerprint density at radius 1 is 1.03 bits per heavy atom. The lowest BCUT2D eigenvalue weighted by atomic mass is 10.1. The van der Waals surface area contributed by atoms with Crippen molar-refractivity contribution in [3.8, 4) is 11.4 Å². The summed E-state index contributed by atoms with van der Waals surface area (Å²) in [5.74, 6) is 1.91. The van der Waals surface area contributed by atoms with Crippen molar-refractivity contribution in [2.24, 2.45) is 4.99 Å². The molecule has 6 nitrogen and oxygen atoms in total. The van der Waals surface area contributed by atoms with Crippen molar-refractivity contribution in [3.63, 3.8) is 0 Å². The van der Waals surface area contributed by atoms with Gasteiger partial charge in [-0.2, -0.15) is 4.98 Å². The van der Waals surface area contributed by atoms with Crippen LogP contribution in [0, 0.1) is 0 Å². The van der Waals surface area contributed by atoms with Crippen LogP contribution in [0.4, 0.5) is 0 Å². The van der Waals surface area contributed by atoms with Crippen LogP contribution in [-0.2, 0) is 12.8 Å². The first-order valence-corrected chi connectivity index (χ1v) is 9.77. The van der Waals surface area contributed by atoms with Gasteiger partial charge in [0.25, 0.3) is 0 Å². The lowest BCUT2D eigenvalue weighted by molar-refractivity contribution is 0.380. The fourth-order valence-electron chi connectivity index (χ4n) is 2.65. The number of hydrogen-bond donors (Lipinski definition) is 2. The van der Waals surface area contributed by atoms with Crippen LogP contribution in [-0.4, -0.2) is 35.7 Å². The summed E-state index contributed by atoms with van der Waals surface area (Å²) in [4.78, 5) is 9.01. The Hall–Kier alpha value is -2.13. The fraction of sp³-hybridized carbons (Fsp3) is 0.286. The molecule has 0 aliphatic rings. The van der Waals surface area contributed by atoms with Crippen LogP contribution >= 0.6 is 35.6 Å². The summed E-state index contributed by atoms with van der Waals surface area (Å²) in [5.41, 5.74) is 2.17. The Kier molecular flexibility index (Phi) is 9.93. The van der Waals surface area contributed by atoms with E-state index in [0.29, 0.717) is 29.7 Å². The van der Waals surface area contributed by atoms with Gasteiger partial charge < -0.3 is 15.2 Å². The number of nitrogens with one attached hydrogen (secondary N) is 2. The highest BCUT2D eigenvalue weighted by molar-refractivity contribution is 14.0. The number of aliphatic imine (C=N–C) groups is 1. The van der Waals surface area contributed by atoms with Crippen LogP contribution in [0.3, 0.4) is 0 Å². The predicted octanol–water partition coefficient (Wildman–Crippen LogP) is 4.35. The smallest absolute Gasteiger partial charge is 0.228 e. The first-order chi connectivity index (χ1) is 13.7. The van der Waals surface area contributed by atoms with Crippen molar-refractivity contribution >= 4 is 41.5 Å². The summed E-state index contributed by atoms with van der Waals surface area (Å²) in [7, 11) is 0.